The summed E-state index contributed by atoms with van der Waals surface area (Å²) in [5.74, 6) is -0.0813. The number of ether oxygens (including phenoxy) is 1. The monoisotopic (exact) mass is 583 g/mol. The predicted octanol–water partition coefficient (Wildman–Crippen LogP) is 6.31. The van der Waals surface area contributed by atoms with Gasteiger partial charge in [0.15, 0.2) is 0 Å². The van der Waals surface area contributed by atoms with Crippen molar-refractivity contribution in [2.45, 2.75) is 56.3 Å². The van der Waals surface area contributed by atoms with Gasteiger partial charge in [0.2, 0.25) is 11.8 Å². The minimum atomic E-state index is -0.694. The molecule has 0 aromatic heterocycles. The van der Waals surface area contributed by atoms with E-state index in [0.717, 1.165) is 37.3 Å². The number of nitrogens with one attached hydrogen (secondary N) is 2. The Balaban J connectivity index is 1.08. The van der Waals surface area contributed by atoms with Gasteiger partial charge in [0.25, 0.3) is 0 Å². The van der Waals surface area contributed by atoms with Gasteiger partial charge >= 0.3 is 0 Å². The van der Waals surface area contributed by atoms with Gasteiger partial charge < -0.3 is 15.4 Å². The summed E-state index contributed by atoms with van der Waals surface area (Å²) in [7, 11) is 0. The van der Waals surface area contributed by atoms with E-state index in [2.05, 4.69) is 27.7 Å². The van der Waals surface area contributed by atoms with Crippen molar-refractivity contribution in [3.8, 4) is 11.5 Å². The molecule has 0 spiro atoms. The predicted molar refractivity (Wildman–Crippen MR) is 153 cm³/mol. The molecule has 39 heavy (non-hydrogen) atoms. The molecule has 3 aliphatic rings. The van der Waals surface area contributed by atoms with E-state index in [4.69, 9.17) is 39.5 Å². The molecule has 2 bridgehead atoms. The summed E-state index contributed by atoms with van der Waals surface area (Å²) in [4.78, 5) is 28.9. The lowest BCUT2D eigenvalue weighted by Gasteiger charge is -2.39. The number of nitrogens with zero attached hydrogens (tertiary/aromatic N) is 1. The van der Waals surface area contributed by atoms with Crippen LogP contribution in [0.5, 0.6) is 11.5 Å². The summed E-state index contributed by atoms with van der Waals surface area (Å²) < 4.78 is 5.98. The van der Waals surface area contributed by atoms with Crippen LogP contribution >= 0.6 is 34.8 Å². The summed E-state index contributed by atoms with van der Waals surface area (Å²) in [5.41, 5.74) is 2.53. The number of piperidine rings is 1. The molecule has 3 aliphatic heterocycles. The fourth-order valence-corrected chi connectivity index (χ4v) is 6.73. The van der Waals surface area contributed by atoms with Crippen molar-refractivity contribution < 1.29 is 14.3 Å². The molecule has 0 aliphatic carbocycles. The molecular formula is C30H28Cl3N3O3. The van der Waals surface area contributed by atoms with Gasteiger partial charge in [-0.05, 0) is 79.8 Å². The maximum absolute atomic E-state index is 13.4. The van der Waals surface area contributed by atoms with Crippen molar-refractivity contribution in [3.05, 3.63) is 92.4 Å². The molecule has 6 nitrogen and oxygen atoms in total. The van der Waals surface area contributed by atoms with Crippen LogP contribution in [0.3, 0.4) is 0 Å². The van der Waals surface area contributed by atoms with Crippen LogP contribution in [0.4, 0.5) is 0 Å². The molecule has 0 saturated carbocycles. The fraction of sp³-hybridized carbons (Fsp3) is 0.333. The number of benzene rings is 3. The van der Waals surface area contributed by atoms with Crippen molar-refractivity contribution in [3.63, 3.8) is 0 Å². The Morgan fingerprint density at radius 2 is 1.38 bits per heavy atom. The first-order valence-electron chi connectivity index (χ1n) is 13.2. The van der Waals surface area contributed by atoms with Gasteiger partial charge in [-0.2, -0.15) is 0 Å². The lowest BCUT2D eigenvalue weighted by atomic mass is 9.87. The van der Waals surface area contributed by atoms with Crippen LogP contribution in [-0.4, -0.2) is 41.4 Å². The molecule has 3 aromatic rings. The molecule has 0 radical (unpaired) electrons. The third-order valence-corrected chi connectivity index (χ3v) is 8.72. The lowest BCUT2D eigenvalue weighted by molar-refractivity contribution is -0.127. The highest BCUT2D eigenvalue weighted by atomic mass is 35.5. The highest BCUT2D eigenvalue weighted by molar-refractivity contribution is 6.31. The highest BCUT2D eigenvalue weighted by Crippen LogP contribution is 2.46. The number of hydrogen-bond donors (Lipinski definition) is 2. The average Bonchev–Trinajstić information content (AvgIpc) is 3.14. The second kappa shape index (κ2) is 11.0. The van der Waals surface area contributed by atoms with Crippen LogP contribution in [0.25, 0.3) is 0 Å². The zero-order chi connectivity index (χ0) is 27.1. The Morgan fingerprint density at radius 1 is 0.821 bits per heavy atom. The minimum Gasteiger partial charge on any atom is -0.457 e. The van der Waals surface area contributed by atoms with Crippen LogP contribution in [0.15, 0.2) is 60.7 Å². The first-order chi connectivity index (χ1) is 18.8. The number of fused-ring (bicyclic) bond motifs is 4. The summed E-state index contributed by atoms with van der Waals surface area (Å²) >= 11 is 18.5. The van der Waals surface area contributed by atoms with Crippen LogP contribution in [0.2, 0.25) is 15.1 Å². The number of rotatable bonds is 6. The van der Waals surface area contributed by atoms with E-state index in [9.17, 15) is 9.59 Å². The van der Waals surface area contributed by atoms with Crippen molar-refractivity contribution in [2.75, 3.05) is 6.54 Å². The topological polar surface area (TPSA) is 70.7 Å². The van der Waals surface area contributed by atoms with E-state index in [-0.39, 0.29) is 24.4 Å². The Hall–Kier alpha value is -2.77. The molecule has 9 heteroatoms. The van der Waals surface area contributed by atoms with E-state index >= 15 is 0 Å². The van der Waals surface area contributed by atoms with Crippen molar-refractivity contribution in [2.24, 2.45) is 0 Å². The largest absolute Gasteiger partial charge is 0.457 e. The van der Waals surface area contributed by atoms with Gasteiger partial charge in [-0.25, -0.2) is 0 Å². The van der Waals surface area contributed by atoms with E-state index < -0.39 is 5.92 Å². The molecule has 2 N–H and O–H groups in total. The molecule has 6 rings (SSSR count). The summed E-state index contributed by atoms with van der Waals surface area (Å²) in [6, 6.07) is 19.4. The molecule has 3 atom stereocenters. The van der Waals surface area contributed by atoms with Crippen LogP contribution in [-0.2, 0) is 16.1 Å². The molecule has 202 valence electrons. The zero-order valence-corrected chi connectivity index (χ0v) is 23.4. The summed E-state index contributed by atoms with van der Waals surface area (Å²) in [6.07, 6.45) is 4.08. The fourth-order valence-electron chi connectivity index (χ4n) is 6.24. The van der Waals surface area contributed by atoms with Crippen molar-refractivity contribution in [1.82, 2.24) is 15.5 Å². The first-order valence-corrected chi connectivity index (χ1v) is 14.3. The first kappa shape index (κ1) is 26.5. The van der Waals surface area contributed by atoms with E-state index in [1.165, 1.54) is 5.56 Å². The quantitative estimate of drug-likeness (QED) is 0.356. The van der Waals surface area contributed by atoms with E-state index in [1.807, 2.05) is 12.1 Å². The van der Waals surface area contributed by atoms with Gasteiger partial charge in [-0.15, -0.1) is 0 Å². The molecular weight excluding hydrogens is 557 g/mol. The smallest absolute Gasteiger partial charge is 0.239 e. The second-order valence-electron chi connectivity index (χ2n) is 10.5. The highest BCUT2D eigenvalue weighted by Gasteiger charge is 2.41. The van der Waals surface area contributed by atoms with Gasteiger partial charge in [0, 0.05) is 50.9 Å². The number of carbonyl (C=O) groups excluding carboxylic acids is 2. The van der Waals surface area contributed by atoms with E-state index in [0.29, 0.717) is 44.8 Å². The van der Waals surface area contributed by atoms with Crippen LogP contribution in [0.1, 0.15) is 48.3 Å². The summed E-state index contributed by atoms with van der Waals surface area (Å²) in [5, 5.41) is 7.73. The van der Waals surface area contributed by atoms with E-state index in [1.54, 1.807) is 36.4 Å². The lowest BCUT2D eigenvalue weighted by Crippen LogP contribution is -2.51. The number of carbonyl (C=O) groups is 2. The molecule has 2 fully saturated rings. The third-order valence-electron chi connectivity index (χ3n) is 8.00. The molecule has 3 aromatic carbocycles. The molecule has 2 saturated heterocycles. The van der Waals surface area contributed by atoms with Crippen LogP contribution in [0, 0.1) is 0 Å². The van der Waals surface area contributed by atoms with Crippen molar-refractivity contribution >= 4 is 46.6 Å². The van der Waals surface area contributed by atoms with Gasteiger partial charge in [0.05, 0.1) is 12.5 Å². The third kappa shape index (κ3) is 5.62. The average molecular weight is 585 g/mol. The number of amides is 2. The standard InChI is InChI=1S/C30H28Cl3N3O3/c31-18-3-1-17(2-4-18)16-36-22-7-8-23(36)14-21(13-22)35-28(37)15-34-30(38)29-24-11-19(32)5-9-26(24)39-27-10-6-20(33)12-25(27)29/h1-6,9-12,21-23,29H,7-8,13-16H2,(H,34,38)(H,35,37)/t21-,22+,23-. The second-order valence-corrected chi connectivity index (χ2v) is 11.8. The number of hydrogen-bond acceptors (Lipinski definition) is 4. The Kier molecular flexibility index (Phi) is 7.47. The Bertz CT molecular complexity index is 1350. The van der Waals surface area contributed by atoms with Crippen molar-refractivity contribution in [1.29, 1.82) is 0 Å². The maximum Gasteiger partial charge on any atom is 0.239 e. The van der Waals surface area contributed by atoms with Crippen LogP contribution < -0.4 is 15.4 Å². The summed E-state index contributed by atoms with van der Waals surface area (Å²) in [6.45, 7) is 0.785. The Labute approximate surface area is 242 Å². The number of halogens is 3. The minimum absolute atomic E-state index is 0.0931. The van der Waals surface area contributed by atoms with Gasteiger partial charge in [0.1, 0.15) is 11.5 Å². The normalized spacial score (nSPS) is 22.0. The maximum atomic E-state index is 13.4. The Morgan fingerprint density at radius 3 is 1.97 bits per heavy atom. The molecule has 2 amide bonds. The molecule has 3 heterocycles. The van der Waals surface area contributed by atoms with Gasteiger partial charge in [-0.3, -0.25) is 14.5 Å². The van der Waals surface area contributed by atoms with Gasteiger partial charge in [-0.1, -0.05) is 46.9 Å². The molecule has 0 unspecified atom stereocenters. The SMILES string of the molecule is O=C(CNC(=O)C1c2cc(Cl)ccc2Oc2ccc(Cl)cc21)N[C@H]1C[C@H]2CC[C@@H](C1)N2Cc1ccc(Cl)cc1. The zero-order valence-electron chi connectivity index (χ0n) is 21.1.